The van der Waals surface area contributed by atoms with Crippen molar-refractivity contribution in [3.8, 4) is 0 Å². The van der Waals surface area contributed by atoms with Crippen LogP contribution in [0.3, 0.4) is 0 Å². The molecule has 2 rings (SSSR count). The lowest BCUT2D eigenvalue weighted by Gasteiger charge is -2.38. The monoisotopic (exact) mass is 426 g/mol. The summed E-state index contributed by atoms with van der Waals surface area (Å²) in [5.41, 5.74) is 0.212. The number of rotatable bonds is 6. The zero-order chi connectivity index (χ0) is 18.7. The summed E-state index contributed by atoms with van der Waals surface area (Å²) >= 11 is 6.08. The van der Waals surface area contributed by atoms with E-state index in [2.05, 4.69) is 5.32 Å². The van der Waals surface area contributed by atoms with Crippen LogP contribution in [-0.4, -0.2) is 49.9 Å². The molecule has 26 heavy (non-hydrogen) atoms. The number of nitrogens with zero attached hydrogens (tertiary/aromatic N) is 1. The van der Waals surface area contributed by atoms with Crippen LogP contribution in [0, 0.1) is 5.82 Å². The highest BCUT2D eigenvalue weighted by atomic mass is 35.5. The van der Waals surface area contributed by atoms with Crippen LogP contribution < -0.4 is 5.32 Å². The second kappa shape index (κ2) is 9.35. The van der Waals surface area contributed by atoms with E-state index < -0.39 is 26.3 Å². The molecule has 1 saturated heterocycles. The van der Waals surface area contributed by atoms with E-state index in [-0.39, 0.29) is 42.4 Å². The van der Waals surface area contributed by atoms with Crippen molar-refractivity contribution in [1.82, 2.24) is 10.2 Å². The zero-order valence-electron chi connectivity index (χ0n) is 14.9. The quantitative estimate of drug-likeness (QED) is 0.759. The average molecular weight is 427 g/mol. The topological polar surface area (TPSA) is 66.5 Å². The van der Waals surface area contributed by atoms with Gasteiger partial charge in [0.1, 0.15) is 5.82 Å². The predicted molar refractivity (Wildman–Crippen MR) is 104 cm³/mol. The van der Waals surface area contributed by atoms with E-state index in [9.17, 15) is 17.6 Å². The fourth-order valence-electron chi connectivity index (χ4n) is 3.26. The molecule has 0 atom stereocenters. The van der Waals surface area contributed by atoms with Crippen molar-refractivity contribution in [2.45, 2.75) is 37.5 Å². The average Bonchev–Trinajstić information content (AvgIpc) is 2.56. The molecule has 0 radical (unpaired) electrons. The van der Waals surface area contributed by atoms with Crippen LogP contribution in [0.4, 0.5) is 4.39 Å². The molecule has 0 aliphatic carbocycles. The maximum absolute atomic E-state index is 14.1. The van der Waals surface area contributed by atoms with Gasteiger partial charge in [-0.15, -0.1) is 12.4 Å². The summed E-state index contributed by atoms with van der Waals surface area (Å²) in [7, 11) is -3.62. The molecule has 1 N–H and O–H groups in total. The molecule has 9 heteroatoms. The summed E-state index contributed by atoms with van der Waals surface area (Å²) in [5, 5.41) is 3.32. The molecule has 0 saturated carbocycles. The van der Waals surface area contributed by atoms with E-state index in [0.29, 0.717) is 26.1 Å². The van der Waals surface area contributed by atoms with E-state index in [0.717, 1.165) is 6.26 Å². The van der Waals surface area contributed by atoms with Gasteiger partial charge in [0.05, 0.1) is 6.54 Å². The number of carbonyl (C=O) groups excluding carboxylic acids is 1. The van der Waals surface area contributed by atoms with Gasteiger partial charge in [0, 0.05) is 23.4 Å². The molecule has 1 aliphatic rings. The number of hydrogen-bond donors (Lipinski definition) is 1. The highest BCUT2D eigenvalue weighted by molar-refractivity contribution is 7.92. The molecule has 1 aliphatic heterocycles. The first-order valence-corrected chi connectivity index (χ1v) is 10.6. The van der Waals surface area contributed by atoms with Crippen molar-refractivity contribution in [1.29, 1.82) is 0 Å². The number of halogens is 3. The van der Waals surface area contributed by atoms with Gasteiger partial charge in [-0.3, -0.25) is 4.79 Å². The molecule has 1 fully saturated rings. The second-order valence-corrected chi connectivity index (χ2v) is 9.18. The number of sulfone groups is 1. The van der Waals surface area contributed by atoms with Crippen molar-refractivity contribution in [2.75, 3.05) is 25.9 Å². The lowest BCUT2D eigenvalue weighted by atomic mass is 9.94. The maximum Gasteiger partial charge on any atom is 0.244 e. The number of nitrogens with one attached hydrogen (secondary N) is 1. The van der Waals surface area contributed by atoms with Gasteiger partial charge in [-0.25, -0.2) is 12.8 Å². The van der Waals surface area contributed by atoms with Gasteiger partial charge >= 0.3 is 0 Å². The van der Waals surface area contributed by atoms with Crippen LogP contribution in [0.1, 0.15) is 31.7 Å². The van der Waals surface area contributed by atoms with E-state index in [1.54, 1.807) is 6.07 Å². The van der Waals surface area contributed by atoms with Crippen LogP contribution in [0.15, 0.2) is 18.2 Å². The number of amides is 1. The molecule has 1 aromatic carbocycles. The molecular weight excluding hydrogens is 402 g/mol. The fraction of sp³-hybridized carbons (Fsp3) is 0.588. The predicted octanol–water partition coefficient (Wildman–Crippen LogP) is 2.81. The number of benzene rings is 1. The van der Waals surface area contributed by atoms with E-state index in [1.165, 1.54) is 17.0 Å². The second-order valence-electron chi connectivity index (χ2n) is 6.44. The van der Waals surface area contributed by atoms with Gasteiger partial charge in [0.2, 0.25) is 5.91 Å². The van der Waals surface area contributed by atoms with Crippen LogP contribution in [-0.2, 0) is 21.2 Å². The Balaban J connectivity index is 0.00000338. The minimum Gasteiger partial charge on any atom is -0.337 e. The molecule has 1 amide bonds. The normalized spacial score (nSPS) is 16.6. The smallest absolute Gasteiger partial charge is 0.244 e. The van der Waals surface area contributed by atoms with Crippen LogP contribution >= 0.6 is 24.0 Å². The fourth-order valence-corrected chi connectivity index (χ4v) is 4.87. The Hall–Kier alpha value is -0.890. The first-order chi connectivity index (χ1) is 11.7. The molecule has 5 nitrogen and oxygen atoms in total. The lowest BCUT2D eigenvalue weighted by molar-refractivity contribution is -0.135. The highest BCUT2D eigenvalue weighted by Gasteiger charge is 2.50. The molecule has 0 bridgehead atoms. The van der Waals surface area contributed by atoms with Crippen molar-refractivity contribution >= 4 is 39.8 Å². The zero-order valence-corrected chi connectivity index (χ0v) is 17.3. The molecule has 0 spiro atoms. The van der Waals surface area contributed by atoms with Crippen molar-refractivity contribution < 1.29 is 17.6 Å². The molecule has 1 heterocycles. The minimum absolute atomic E-state index is 0. The third-order valence-electron chi connectivity index (χ3n) is 4.70. The molecule has 0 unspecified atom stereocenters. The van der Waals surface area contributed by atoms with Crippen LogP contribution in [0.2, 0.25) is 5.02 Å². The highest BCUT2D eigenvalue weighted by Crippen LogP contribution is 2.31. The van der Waals surface area contributed by atoms with Crippen molar-refractivity contribution in [3.05, 3.63) is 34.6 Å². The Kier molecular flexibility index (Phi) is 8.33. The van der Waals surface area contributed by atoms with Gasteiger partial charge in [-0.1, -0.05) is 24.6 Å². The minimum atomic E-state index is -3.62. The van der Waals surface area contributed by atoms with Crippen molar-refractivity contribution in [2.24, 2.45) is 0 Å². The number of hydrogen-bond acceptors (Lipinski definition) is 4. The molecule has 148 valence electrons. The first kappa shape index (κ1) is 23.1. The Morgan fingerprint density at radius 3 is 2.46 bits per heavy atom. The van der Waals surface area contributed by atoms with E-state index in [4.69, 9.17) is 11.6 Å². The summed E-state index contributed by atoms with van der Waals surface area (Å²) in [4.78, 5) is 14.7. The molecular formula is C17H25Cl2FN2O3S. The molecule has 0 aromatic heterocycles. The maximum atomic E-state index is 14.1. The Morgan fingerprint density at radius 1 is 1.35 bits per heavy atom. The summed E-state index contributed by atoms with van der Waals surface area (Å²) in [6.07, 6.45) is 2.18. The van der Waals surface area contributed by atoms with Gasteiger partial charge in [-0.05, 0) is 44.5 Å². The largest absolute Gasteiger partial charge is 0.337 e. The van der Waals surface area contributed by atoms with E-state index >= 15 is 0 Å². The van der Waals surface area contributed by atoms with E-state index in [1.807, 2.05) is 6.92 Å². The van der Waals surface area contributed by atoms with Gasteiger partial charge in [0.25, 0.3) is 0 Å². The van der Waals surface area contributed by atoms with Gasteiger partial charge < -0.3 is 10.2 Å². The Bertz CT molecular complexity index is 717. The van der Waals surface area contributed by atoms with Crippen molar-refractivity contribution in [3.63, 3.8) is 0 Å². The van der Waals surface area contributed by atoms with Crippen LogP contribution in [0.5, 0.6) is 0 Å². The molecule has 1 aromatic rings. The van der Waals surface area contributed by atoms with Gasteiger partial charge in [-0.2, -0.15) is 0 Å². The Labute approximate surface area is 165 Å². The third-order valence-corrected chi connectivity index (χ3v) is 7.06. The summed E-state index contributed by atoms with van der Waals surface area (Å²) in [6.45, 7) is 3.11. The third kappa shape index (κ3) is 4.68. The van der Waals surface area contributed by atoms with Crippen LogP contribution in [0.25, 0.3) is 0 Å². The summed E-state index contributed by atoms with van der Waals surface area (Å²) in [6, 6.07) is 4.34. The lowest BCUT2D eigenvalue weighted by Crippen LogP contribution is -2.58. The number of carbonyl (C=O) groups is 1. The SMILES string of the molecule is CCCN(Cc1c(F)cccc1Cl)C(=O)C1(S(C)(=O)=O)CCNCC1.Cl. The van der Waals surface area contributed by atoms with Gasteiger partial charge in [0.15, 0.2) is 14.6 Å². The Morgan fingerprint density at radius 2 is 1.96 bits per heavy atom. The standard InChI is InChI=1S/C17H24ClFN2O3S.ClH/c1-3-11-21(12-13-14(18)5-4-6-15(13)19)16(22)17(25(2,23)24)7-9-20-10-8-17;/h4-6,20H,3,7-12H2,1-2H3;1H. The first-order valence-electron chi connectivity index (χ1n) is 8.35. The summed E-state index contributed by atoms with van der Waals surface area (Å²) < 4.78 is 37.6. The summed E-state index contributed by atoms with van der Waals surface area (Å²) in [5.74, 6) is -0.960. The number of piperidine rings is 1.